The first kappa shape index (κ1) is 19.0. The molecule has 0 radical (unpaired) electrons. The molecule has 2 aromatic rings. The third-order valence-electron chi connectivity index (χ3n) is 4.47. The van der Waals surface area contributed by atoms with Crippen molar-refractivity contribution in [3.63, 3.8) is 0 Å². The van der Waals surface area contributed by atoms with Gasteiger partial charge < -0.3 is 19.9 Å². The monoisotopic (exact) mass is 387 g/mol. The van der Waals surface area contributed by atoms with E-state index in [-0.39, 0.29) is 11.5 Å². The molecule has 3 rings (SSSR count). The molecule has 0 aliphatic heterocycles. The van der Waals surface area contributed by atoms with Crippen LogP contribution in [0.1, 0.15) is 39.2 Å². The molecule has 0 saturated heterocycles. The lowest BCUT2D eigenvalue weighted by Crippen LogP contribution is -2.11. The smallest absolute Gasteiger partial charge is 0.339 e. The van der Waals surface area contributed by atoms with Crippen LogP contribution in [0, 0.1) is 0 Å². The number of nitrogens with one attached hydrogen (secondary N) is 1. The Hall–Kier alpha value is -2.80. The van der Waals surface area contributed by atoms with Crippen LogP contribution in [0.25, 0.3) is 6.08 Å². The molecular formula is C20H21NO5S. The van der Waals surface area contributed by atoms with E-state index in [1.165, 1.54) is 17.4 Å². The number of amides is 1. The molecule has 1 aliphatic rings. The average molecular weight is 387 g/mol. The topological polar surface area (TPSA) is 84.9 Å². The summed E-state index contributed by atoms with van der Waals surface area (Å²) >= 11 is 1.36. The zero-order chi connectivity index (χ0) is 19.4. The summed E-state index contributed by atoms with van der Waals surface area (Å²) in [6.45, 7) is 0. The van der Waals surface area contributed by atoms with Crippen LogP contribution in [0.15, 0.2) is 24.3 Å². The van der Waals surface area contributed by atoms with Gasteiger partial charge in [-0.15, -0.1) is 11.3 Å². The van der Waals surface area contributed by atoms with E-state index >= 15 is 0 Å². The highest BCUT2D eigenvalue weighted by Gasteiger charge is 2.25. The van der Waals surface area contributed by atoms with Crippen molar-refractivity contribution in [2.45, 2.75) is 25.7 Å². The molecule has 27 heavy (non-hydrogen) atoms. The Morgan fingerprint density at radius 2 is 1.96 bits per heavy atom. The molecule has 0 saturated carbocycles. The fraction of sp³-hybridized carbons (Fsp3) is 0.300. The van der Waals surface area contributed by atoms with Crippen molar-refractivity contribution in [3.05, 3.63) is 45.8 Å². The zero-order valence-corrected chi connectivity index (χ0v) is 16.0. The summed E-state index contributed by atoms with van der Waals surface area (Å²) in [5, 5.41) is 12.7. The number of hydrogen-bond acceptors (Lipinski definition) is 5. The third-order valence-corrected chi connectivity index (χ3v) is 5.68. The van der Waals surface area contributed by atoms with E-state index in [1.807, 2.05) is 0 Å². The van der Waals surface area contributed by atoms with Gasteiger partial charge >= 0.3 is 5.97 Å². The summed E-state index contributed by atoms with van der Waals surface area (Å²) < 4.78 is 10.5. The van der Waals surface area contributed by atoms with E-state index in [0.29, 0.717) is 22.1 Å². The maximum atomic E-state index is 12.4. The lowest BCUT2D eigenvalue weighted by molar-refractivity contribution is -0.111. The number of carboxylic acid groups (broad SMARTS) is 1. The van der Waals surface area contributed by atoms with E-state index in [1.54, 1.807) is 38.5 Å². The van der Waals surface area contributed by atoms with Crippen molar-refractivity contribution in [1.29, 1.82) is 0 Å². The van der Waals surface area contributed by atoms with Crippen molar-refractivity contribution in [1.82, 2.24) is 0 Å². The van der Waals surface area contributed by atoms with Crippen LogP contribution in [0.3, 0.4) is 0 Å². The first-order chi connectivity index (χ1) is 13.0. The number of carbonyl (C=O) groups is 2. The largest absolute Gasteiger partial charge is 0.497 e. The molecule has 1 aromatic carbocycles. The fourth-order valence-electron chi connectivity index (χ4n) is 3.17. The Morgan fingerprint density at radius 3 is 2.67 bits per heavy atom. The summed E-state index contributed by atoms with van der Waals surface area (Å²) in [6.07, 6.45) is 6.63. The summed E-state index contributed by atoms with van der Waals surface area (Å²) in [6, 6.07) is 5.28. The standard InChI is InChI=1S/C20H21NO5S/c1-25-13-8-9-15(26-2)12(11-13)7-10-17(22)21-19-18(20(23)24)14-5-3-4-6-16(14)27-19/h7-11H,3-6H2,1-2H3,(H,21,22)(H,23,24)/b10-7+. The van der Waals surface area contributed by atoms with Crippen LogP contribution in [0.5, 0.6) is 11.5 Å². The van der Waals surface area contributed by atoms with Gasteiger partial charge in [0.25, 0.3) is 0 Å². The van der Waals surface area contributed by atoms with E-state index < -0.39 is 5.97 Å². The molecule has 1 aliphatic carbocycles. The number of thiophene rings is 1. The fourth-order valence-corrected chi connectivity index (χ4v) is 4.45. The van der Waals surface area contributed by atoms with Gasteiger partial charge in [-0.05, 0) is 55.5 Å². The van der Waals surface area contributed by atoms with Crippen LogP contribution < -0.4 is 14.8 Å². The van der Waals surface area contributed by atoms with E-state index in [0.717, 1.165) is 36.1 Å². The highest BCUT2D eigenvalue weighted by Crippen LogP contribution is 2.38. The Labute approximate surface area is 161 Å². The van der Waals surface area contributed by atoms with Gasteiger partial charge in [0.2, 0.25) is 5.91 Å². The quantitative estimate of drug-likeness (QED) is 0.732. The molecule has 0 unspecified atom stereocenters. The average Bonchev–Trinajstić information content (AvgIpc) is 3.03. The van der Waals surface area contributed by atoms with Crippen molar-refractivity contribution in [2.75, 3.05) is 19.5 Å². The summed E-state index contributed by atoms with van der Waals surface area (Å²) in [4.78, 5) is 25.1. The van der Waals surface area contributed by atoms with Crippen LogP contribution in [-0.2, 0) is 17.6 Å². The van der Waals surface area contributed by atoms with Gasteiger partial charge in [-0.1, -0.05) is 0 Å². The molecule has 2 N–H and O–H groups in total. The predicted molar refractivity (Wildman–Crippen MR) is 105 cm³/mol. The number of fused-ring (bicyclic) bond motifs is 1. The van der Waals surface area contributed by atoms with Gasteiger partial charge in [0.05, 0.1) is 19.8 Å². The summed E-state index contributed by atoms with van der Waals surface area (Å²) in [5.74, 6) is -0.128. The number of carbonyl (C=O) groups excluding carboxylic acids is 1. The number of benzene rings is 1. The maximum Gasteiger partial charge on any atom is 0.339 e. The number of methoxy groups -OCH3 is 2. The highest BCUT2D eigenvalue weighted by atomic mass is 32.1. The predicted octanol–water partition coefficient (Wildman–Crippen LogP) is 3.99. The molecule has 1 amide bonds. The minimum absolute atomic E-state index is 0.232. The number of carboxylic acids is 1. The van der Waals surface area contributed by atoms with Crippen molar-refractivity contribution >= 4 is 34.3 Å². The van der Waals surface area contributed by atoms with Crippen LogP contribution >= 0.6 is 11.3 Å². The number of anilines is 1. The Morgan fingerprint density at radius 1 is 1.19 bits per heavy atom. The van der Waals surface area contributed by atoms with E-state index in [4.69, 9.17) is 9.47 Å². The minimum atomic E-state index is -0.997. The minimum Gasteiger partial charge on any atom is -0.497 e. The Bertz CT molecular complexity index is 900. The molecule has 1 heterocycles. The molecule has 1 aromatic heterocycles. The first-order valence-electron chi connectivity index (χ1n) is 8.62. The second-order valence-electron chi connectivity index (χ2n) is 6.15. The lowest BCUT2D eigenvalue weighted by atomic mass is 9.95. The van der Waals surface area contributed by atoms with Gasteiger partial charge in [0.1, 0.15) is 16.5 Å². The van der Waals surface area contributed by atoms with Crippen LogP contribution in [0.2, 0.25) is 0 Å². The third kappa shape index (κ3) is 4.14. The normalized spacial score (nSPS) is 13.3. The number of aryl methyl sites for hydroxylation is 1. The summed E-state index contributed by atoms with van der Waals surface area (Å²) in [7, 11) is 3.11. The molecule has 0 spiro atoms. The molecule has 0 atom stereocenters. The number of aromatic carboxylic acids is 1. The SMILES string of the molecule is COc1ccc(OC)c(/C=C/C(=O)Nc2sc3c(c2C(=O)O)CCCC3)c1. The summed E-state index contributed by atoms with van der Waals surface area (Å²) in [5.41, 5.74) is 1.79. The highest BCUT2D eigenvalue weighted by molar-refractivity contribution is 7.17. The van der Waals surface area contributed by atoms with Gasteiger partial charge in [-0.25, -0.2) is 4.79 Å². The maximum absolute atomic E-state index is 12.4. The molecule has 6 nitrogen and oxygen atoms in total. The molecule has 0 fully saturated rings. The van der Waals surface area contributed by atoms with Crippen LogP contribution in [0.4, 0.5) is 5.00 Å². The first-order valence-corrected chi connectivity index (χ1v) is 9.44. The molecule has 7 heteroatoms. The van der Waals surface area contributed by atoms with E-state index in [2.05, 4.69) is 5.32 Å². The number of rotatable bonds is 6. The van der Waals surface area contributed by atoms with Gasteiger partial charge in [0, 0.05) is 16.5 Å². The second kappa shape index (κ2) is 8.26. The van der Waals surface area contributed by atoms with E-state index in [9.17, 15) is 14.7 Å². The Balaban J connectivity index is 1.82. The zero-order valence-electron chi connectivity index (χ0n) is 15.2. The molecule has 0 bridgehead atoms. The number of ether oxygens (including phenoxy) is 2. The second-order valence-corrected chi connectivity index (χ2v) is 7.26. The van der Waals surface area contributed by atoms with Gasteiger partial charge in [0.15, 0.2) is 0 Å². The van der Waals surface area contributed by atoms with Crippen LogP contribution in [-0.4, -0.2) is 31.2 Å². The number of hydrogen-bond donors (Lipinski definition) is 2. The van der Waals surface area contributed by atoms with Gasteiger partial charge in [-0.3, -0.25) is 4.79 Å². The molecular weight excluding hydrogens is 366 g/mol. The van der Waals surface area contributed by atoms with Gasteiger partial charge in [-0.2, -0.15) is 0 Å². The molecule has 142 valence electrons. The van der Waals surface area contributed by atoms with Crippen molar-refractivity contribution in [3.8, 4) is 11.5 Å². The lowest BCUT2D eigenvalue weighted by Gasteiger charge is -2.10. The Kier molecular flexibility index (Phi) is 5.81. The van der Waals surface area contributed by atoms with Crippen molar-refractivity contribution < 1.29 is 24.2 Å². The van der Waals surface area contributed by atoms with Crippen molar-refractivity contribution in [2.24, 2.45) is 0 Å².